The molecule has 3 aliphatic heterocycles. The van der Waals surface area contributed by atoms with Gasteiger partial charge < -0.3 is 15.2 Å². The topological polar surface area (TPSA) is 34.3 Å². The highest BCUT2D eigenvalue weighted by Crippen LogP contribution is 2.40. The summed E-state index contributed by atoms with van der Waals surface area (Å²) in [4.78, 5) is 7.37. The second-order valence-corrected chi connectivity index (χ2v) is 11.9. The van der Waals surface area contributed by atoms with Gasteiger partial charge in [-0.15, -0.1) is 0 Å². The first-order chi connectivity index (χ1) is 19.6. The van der Waals surface area contributed by atoms with Gasteiger partial charge in [-0.3, -0.25) is 4.90 Å². The minimum absolute atomic E-state index is 0.150. The SMILES string of the molecule is CC.CC1Cc2c([nH]c3ccccc23)CN1CC(C)(F)F.Fc1cc(F)cc(N2CCCC3(CCNCC3)CC2)c1. The van der Waals surface area contributed by atoms with Crippen LogP contribution >= 0.6 is 0 Å². The molecule has 41 heavy (non-hydrogen) atoms. The van der Waals surface area contributed by atoms with E-state index in [-0.39, 0.29) is 12.6 Å². The molecule has 2 fully saturated rings. The fourth-order valence-corrected chi connectivity index (χ4v) is 6.67. The van der Waals surface area contributed by atoms with E-state index in [1.807, 2.05) is 43.9 Å². The number of hydrogen-bond acceptors (Lipinski definition) is 3. The number of anilines is 1. The zero-order valence-electron chi connectivity index (χ0n) is 25.0. The van der Waals surface area contributed by atoms with E-state index in [1.54, 1.807) is 0 Å². The lowest BCUT2D eigenvalue weighted by molar-refractivity contribution is -0.0293. The van der Waals surface area contributed by atoms with Gasteiger partial charge in [-0.2, -0.15) is 0 Å². The number of H-pyrrole nitrogens is 1. The van der Waals surface area contributed by atoms with Crippen molar-refractivity contribution in [3.05, 3.63) is 65.4 Å². The number of rotatable bonds is 3. The summed E-state index contributed by atoms with van der Waals surface area (Å²) in [5.41, 5.74) is 4.62. The van der Waals surface area contributed by atoms with Crippen molar-refractivity contribution in [2.24, 2.45) is 5.41 Å². The Morgan fingerprint density at radius 3 is 2.32 bits per heavy atom. The van der Waals surface area contributed by atoms with E-state index in [1.165, 1.54) is 42.3 Å². The van der Waals surface area contributed by atoms with E-state index < -0.39 is 17.6 Å². The average Bonchev–Trinajstić information content (AvgIpc) is 3.15. The van der Waals surface area contributed by atoms with E-state index >= 15 is 0 Å². The number of hydrogen-bond donors (Lipinski definition) is 2. The van der Waals surface area contributed by atoms with Crippen LogP contribution in [-0.4, -0.2) is 54.6 Å². The monoisotopic (exact) mass is 574 g/mol. The Morgan fingerprint density at radius 2 is 1.63 bits per heavy atom. The second-order valence-electron chi connectivity index (χ2n) is 11.9. The van der Waals surface area contributed by atoms with Crippen molar-refractivity contribution in [2.45, 2.75) is 84.7 Å². The summed E-state index contributed by atoms with van der Waals surface area (Å²) >= 11 is 0. The fraction of sp³-hybridized carbons (Fsp3) is 0.576. The molecule has 0 radical (unpaired) electrons. The molecule has 4 nitrogen and oxygen atoms in total. The molecule has 6 rings (SSSR count). The molecule has 2 aromatic carbocycles. The molecule has 1 aromatic heterocycles. The lowest BCUT2D eigenvalue weighted by Gasteiger charge is -2.37. The van der Waals surface area contributed by atoms with Gasteiger partial charge >= 0.3 is 0 Å². The maximum absolute atomic E-state index is 13.4. The molecule has 2 saturated heterocycles. The standard InChI is InChI=1S/C16H22F2N2.C15H18F2N2.C2H6/c17-13-10-14(18)12-15(11-13)20-8-1-2-16(5-9-20)3-6-19-7-4-16;1-10-7-12-11-5-3-4-6-13(11)18-14(12)8-19(10)9-15(2,16)17;1-2/h10-12,19H,1-9H2;3-6,10,18H,7-9H2,1-2H3;1-2H3. The third kappa shape index (κ3) is 8.04. The normalized spacial score (nSPS) is 20.9. The van der Waals surface area contributed by atoms with Crippen LogP contribution in [0.15, 0.2) is 42.5 Å². The Hall–Kier alpha value is -2.58. The molecule has 0 saturated carbocycles. The summed E-state index contributed by atoms with van der Waals surface area (Å²) < 4.78 is 53.1. The molecular formula is C33H46F4N4. The van der Waals surface area contributed by atoms with Crippen LogP contribution in [-0.2, 0) is 13.0 Å². The van der Waals surface area contributed by atoms with Gasteiger partial charge in [0.15, 0.2) is 0 Å². The Bertz CT molecular complexity index is 1240. The van der Waals surface area contributed by atoms with Crippen molar-refractivity contribution in [2.75, 3.05) is 37.6 Å². The molecule has 3 aromatic rings. The summed E-state index contributed by atoms with van der Waals surface area (Å²) in [5.74, 6) is -3.61. The van der Waals surface area contributed by atoms with Crippen molar-refractivity contribution >= 4 is 16.6 Å². The highest BCUT2D eigenvalue weighted by Gasteiger charge is 2.34. The van der Waals surface area contributed by atoms with Crippen molar-refractivity contribution in [1.29, 1.82) is 0 Å². The summed E-state index contributed by atoms with van der Waals surface area (Å²) in [6.07, 6.45) is 6.78. The van der Waals surface area contributed by atoms with Crippen molar-refractivity contribution in [1.82, 2.24) is 15.2 Å². The van der Waals surface area contributed by atoms with Gasteiger partial charge in [0, 0.05) is 61.0 Å². The first-order valence-electron chi connectivity index (χ1n) is 15.2. The predicted octanol–water partition coefficient (Wildman–Crippen LogP) is 7.92. The summed E-state index contributed by atoms with van der Waals surface area (Å²) in [7, 11) is 0. The van der Waals surface area contributed by atoms with Crippen molar-refractivity contribution in [3.8, 4) is 0 Å². The van der Waals surface area contributed by atoms with E-state index in [2.05, 4.69) is 21.3 Å². The van der Waals surface area contributed by atoms with Crippen LogP contribution in [0.3, 0.4) is 0 Å². The number of nitrogens with one attached hydrogen (secondary N) is 2. The van der Waals surface area contributed by atoms with Crippen LogP contribution in [0.1, 0.15) is 71.1 Å². The molecule has 1 unspecified atom stereocenters. The number of benzene rings is 2. The molecule has 4 heterocycles. The van der Waals surface area contributed by atoms with Crippen molar-refractivity contribution < 1.29 is 17.6 Å². The second kappa shape index (κ2) is 13.6. The van der Waals surface area contributed by atoms with E-state index in [0.29, 0.717) is 17.6 Å². The van der Waals surface area contributed by atoms with Crippen LogP contribution in [0.5, 0.6) is 0 Å². The highest BCUT2D eigenvalue weighted by atomic mass is 19.3. The van der Waals surface area contributed by atoms with Gasteiger partial charge in [0.1, 0.15) is 11.6 Å². The van der Waals surface area contributed by atoms with Crippen LogP contribution in [0.2, 0.25) is 0 Å². The van der Waals surface area contributed by atoms with Crippen LogP contribution in [0, 0.1) is 17.0 Å². The lowest BCUT2D eigenvalue weighted by atomic mass is 9.73. The Kier molecular flexibility index (Phi) is 10.4. The van der Waals surface area contributed by atoms with E-state index in [9.17, 15) is 17.6 Å². The molecule has 1 atom stereocenters. The van der Waals surface area contributed by atoms with Crippen LogP contribution in [0.25, 0.3) is 10.9 Å². The summed E-state index contributed by atoms with van der Waals surface area (Å²) in [6.45, 7) is 11.4. The highest BCUT2D eigenvalue weighted by molar-refractivity contribution is 5.84. The number of nitrogens with zero attached hydrogens (tertiary/aromatic N) is 2. The van der Waals surface area contributed by atoms with Gasteiger partial charge in [0.25, 0.3) is 5.92 Å². The minimum atomic E-state index is -2.64. The lowest BCUT2D eigenvalue weighted by Crippen LogP contribution is -2.44. The molecule has 0 amide bonds. The average molecular weight is 575 g/mol. The zero-order valence-corrected chi connectivity index (χ0v) is 25.0. The van der Waals surface area contributed by atoms with Gasteiger partial charge in [-0.25, -0.2) is 17.6 Å². The van der Waals surface area contributed by atoms with Crippen molar-refractivity contribution in [3.63, 3.8) is 0 Å². The van der Waals surface area contributed by atoms with Gasteiger partial charge in [0.2, 0.25) is 0 Å². The third-order valence-corrected chi connectivity index (χ3v) is 8.79. The van der Waals surface area contributed by atoms with Gasteiger partial charge in [0.05, 0.1) is 6.54 Å². The summed E-state index contributed by atoms with van der Waals surface area (Å²) in [5, 5.41) is 4.65. The van der Waals surface area contributed by atoms with Crippen LogP contribution < -0.4 is 10.2 Å². The molecule has 226 valence electrons. The largest absolute Gasteiger partial charge is 0.371 e. The first kappa shape index (κ1) is 31.4. The maximum atomic E-state index is 13.4. The first-order valence-corrected chi connectivity index (χ1v) is 15.2. The number of aromatic nitrogens is 1. The number of fused-ring (bicyclic) bond motifs is 3. The number of piperidine rings is 1. The molecule has 1 spiro atoms. The molecule has 8 heteroatoms. The number of alkyl halides is 2. The molecule has 3 aliphatic rings. The van der Waals surface area contributed by atoms with E-state index in [4.69, 9.17) is 0 Å². The number of para-hydroxylation sites is 1. The fourth-order valence-electron chi connectivity index (χ4n) is 6.67. The zero-order chi connectivity index (χ0) is 29.6. The molecule has 0 bridgehead atoms. The van der Waals surface area contributed by atoms with E-state index in [0.717, 1.165) is 69.6 Å². The summed E-state index contributed by atoms with van der Waals surface area (Å²) in [6, 6.07) is 12.1. The minimum Gasteiger partial charge on any atom is -0.371 e. The van der Waals surface area contributed by atoms with Gasteiger partial charge in [-0.05, 0) is 87.7 Å². The Balaban J connectivity index is 0.000000178. The van der Waals surface area contributed by atoms with Crippen LogP contribution in [0.4, 0.5) is 23.2 Å². The molecular weight excluding hydrogens is 528 g/mol. The predicted molar refractivity (Wildman–Crippen MR) is 161 cm³/mol. The Labute approximate surface area is 242 Å². The quantitative estimate of drug-likeness (QED) is 0.312. The van der Waals surface area contributed by atoms with Gasteiger partial charge in [-0.1, -0.05) is 32.0 Å². The Morgan fingerprint density at radius 1 is 0.951 bits per heavy atom. The molecule has 2 N–H and O–H groups in total. The number of halogens is 4. The third-order valence-electron chi connectivity index (χ3n) is 8.79. The maximum Gasteiger partial charge on any atom is 0.257 e. The smallest absolute Gasteiger partial charge is 0.257 e. The number of aromatic amines is 1. The molecule has 0 aliphatic carbocycles.